The van der Waals surface area contributed by atoms with Gasteiger partial charge in [-0.25, -0.2) is 0 Å². The molecular formula is C5H12P. The van der Waals surface area contributed by atoms with E-state index in [1.807, 2.05) is 0 Å². The minimum atomic E-state index is 1.12. The van der Waals surface area contributed by atoms with Gasteiger partial charge in [0.1, 0.15) is 0 Å². The smallest absolute Gasteiger partial charge is 0.0354 e. The SMILES string of the molecule is [CH2]CCPCC. The molecule has 1 radical (unpaired) electrons. The average Bonchev–Trinajstić information content (AvgIpc) is 1.61. The summed E-state index contributed by atoms with van der Waals surface area (Å²) in [7, 11) is 1.15. The van der Waals surface area contributed by atoms with Gasteiger partial charge in [-0.05, 0) is 18.7 Å². The minimum Gasteiger partial charge on any atom is -0.122 e. The van der Waals surface area contributed by atoms with E-state index in [2.05, 4.69) is 13.8 Å². The summed E-state index contributed by atoms with van der Waals surface area (Å²) in [6.07, 6.45) is 3.79. The van der Waals surface area contributed by atoms with Crippen LogP contribution in [0.5, 0.6) is 0 Å². The predicted molar refractivity (Wildman–Crippen MR) is 33.7 cm³/mol. The van der Waals surface area contributed by atoms with Crippen LogP contribution in [0.15, 0.2) is 0 Å². The lowest BCUT2D eigenvalue weighted by molar-refractivity contribution is 1.23. The summed E-state index contributed by atoms with van der Waals surface area (Å²) in [5, 5.41) is 0. The Morgan fingerprint density at radius 1 is 1.67 bits per heavy atom. The van der Waals surface area contributed by atoms with Crippen molar-refractivity contribution in [3.05, 3.63) is 6.92 Å². The van der Waals surface area contributed by atoms with Crippen molar-refractivity contribution in [1.29, 1.82) is 0 Å². The number of hydrogen-bond donors (Lipinski definition) is 0. The van der Waals surface area contributed by atoms with E-state index in [1.165, 1.54) is 12.3 Å². The van der Waals surface area contributed by atoms with Crippen LogP contribution in [0.2, 0.25) is 0 Å². The van der Waals surface area contributed by atoms with Crippen molar-refractivity contribution in [3.63, 3.8) is 0 Å². The fourth-order valence-corrected chi connectivity index (χ4v) is 0.905. The highest BCUT2D eigenvalue weighted by Crippen LogP contribution is 2.07. The van der Waals surface area contributed by atoms with Crippen LogP contribution in [0.4, 0.5) is 0 Å². The van der Waals surface area contributed by atoms with Gasteiger partial charge in [-0.2, -0.15) is 0 Å². The maximum absolute atomic E-state index is 3.73. The molecule has 0 heterocycles. The van der Waals surface area contributed by atoms with Gasteiger partial charge in [0, 0.05) is 0 Å². The van der Waals surface area contributed by atoms with Gasteiger partial charge in [-0.1, -0.05) is 13.8 Å². The van der Waals surface area contributed by atoms with Crippen LogP contribution in [0.1, 0.15) is 13.3 Å². The number of rotatable bonds is 3. The minimum absolute atomic E-state index is 1.12. The fourth-order valence-electron chi connectivity index (χ4n) is 0.302. The van der Waals surface area contributed by atoms with E-state index in [-0.39, 0.29) is 0 Å². The molecule has 0 aromatic heterocycles. The van der Waals surface area contributed by atoms with E-state index in [0.29, 0.717) is 0 Å². The first kappa shape index (κ1) is 6.43. The van der Waals surface area contributed by atoms with Crippen molar-refractivity contribution in [2.45, 2.75) is 13.3 Å². The molecule has 0 fully saturated rings. The molecule has 6 heavy (non-hydrogen) atoms. The zero-order valence-electron chi connectivity index (χ0n) is 4.33. The molecule has 0 saturated carbocycles. The van der Waals surface area contributed by atoms with Crippen molar-refractivity contribution in [2.24, 2.45) is 0 Å². The van der Waals surface area contributed by atoms with Gasteiger partial charge >= 0.3 is 0 Å². The maximum Gasteiger partial charge on any atom is -0.0354 e. The van der Waals surface area contributed by atoms with E-state index in [4.69, 9.17) is 0 Å². The van der Waals surface area contributed by atoms with E-state index < -0.39 is 0 Å². The maximum atomic E-state index is 3.73. The Labute approximate surface area is 42.1 Å². The van der Waals surface area contributed by atoms with Crippen LogP contribution in [0, 0.1) is 6.92 Å². The molecule has 0 aliphatic rings. The second kappa shape index (κ2) is 5.43. The lowest BCUT2D eigenvalue weighted by atomic mass is 10.6. The second-order valence-electron chi connectivity index (χ2n) is 1.21. The molecule has 0 saturated heterocycles. The molecule has 0 aliphatic heterocycles. The molecule has 1 atom stereocenters. The first-order chi connectivity index (χ1) is 2.91. The third-order valence-electron chi connectivity index (χ3n) is 0.604. The van der Waals surface area contributed by atoms with Crippen LogP contribution in [0.3, 0.4) is 0 Å². The third kappa shape index (κ3) is 4.43. The van der Waals surface area contributed by atoms with Crippen LogP contribution in [-0.2, 0) is 0 Å². The Morgan fingerprint density at radius 2 is 2.33 bits per heavy atom. The highest BCUT2D eigenvalue weighted by molar-refractivity contribution is 7.37. The van der Waals surface area contributed by atoms with Crippen molar-refractivity contribution in [1.82, 2.24) is 0 Å². The average molecular weight is 103 g/mol. The zero-order chi connectivity index (χ0) is 4.83. The molecule has 1 unspecified atom stereocenters. The third-order valence-corrected chi connectivity index (χ3v) is 1.81. The Balaban J connectivity index is 2.34. The fraction of sp³-hybridized carbons (Fsp3) is 0.800. The highest BCUT2D eigenvalue weighted by Gasteiger charge is 1.74. The number of hydrogen-bond acceptors (Lipinski definition) is 0. The Bertz CT molecular complexity index is 15.9. The van der Waals surface area contributed by atoms with Gasteiger partial charge in [-0.15, -0.1) is 8.58 Å². The van der Waals surface area contributed by atoms with Crippen LogP contribution < -0.4 is 0 Å². The summed E-state index contributed by atoms with van der Waals surface area (Å²) in [6.45, 7) is 5.95. The van der Waals surface area contributed by atoms with Gasteiger partial charge in [0.2, 0.25) is 0 Å². The van der Waals surface area contributed by atoms with Crippen LogP contribution in [0.25, 0.3) is 0 Å². The molecule has 0 aliphatic carbocycles. The van der Waals surface area contributed by atoms with Crippen molar-refractivity contribution in [2.75, 3.05) is 12.3 Å². The first-order valence-electron chi connectivity index (χ1n) is 2.41. The van der Waals surface area contributed by atoms with Crippen molar-refractivity contribution in [3.8, 4) is 0 Å². The van der Waals surface area contributed by atoms with E-state index in [0.717, 1.165) is 15.0 Å². The zero-order valence-corrected chi connectivity index (χ0v) is 5.33. The molecule has 0 spiro atoms. The normalized spacial score (nSPS) is 11.0. The van der Waals surface area contributed by atoms with Crippen molar-refractivity contribution >= 4 is 8.58 Å². The monoisotopic (exact) mass is 103 g/mol. The molecule has 0 amide bonds. The summed E-state index contributed by atoms with van der Waals surface area (Å²) >= 11 is 0. The van der Waals surface area contributed by atoms with Gasteiger partial charge in [-0.3, -0.25) is 0 Å². The quantitative estimate of drug-likeness (QED) is 0.378. The van der Waals surface area contributed by atoms with Gasteiger partial charge in [0.25, 0.3) is 0 Å². The van der Waals surface area contributed by atoms with E-state index in [1.54, 1.807) is 0 Å². The highest BCUT2D eigenvalue weighted by atomic mass is 31.1. The molecule has 1 heteroatoms. The Hall–Kier alpha value is 0.430. The molecule has 0 aromatic rings. The standard InChI is InChI=1S/C5H12P/c1-3-5-6-4-2/h6H,1,3-5H2,2H3. The predicted octanol–water partition coefficient (Wildman–Crippen LogP) is 1.91. The molecule has 0 rings (SSSR count). The molecular weight excluding hydrogens is 91.0 g/mol. The van der Waals surface area contributed by atoms with Gasteiger partial charge in [0.05, 0.1) is 0 Å². The molecule has 0 bridgehead atoms. The lowest BCUT2D eigenvalue weighted by Gasteiger charge is -1.87. The van der Waals surface area contributed by atoms with E-state index >= 15 is 0 Å². The molecule has 0 nitrogen and oxygen atoms in total. The molecule has 37 valence electrons. The Kier molecular flexibility index (Phi) is 5.82. The summed E-state index contributed by atoms with van der Waals surface area (Å²) in [4.78, 5) is 0. The van der Waals surface area contributed by atoms with Crippen molar-refractivity contribution < 1.29 is 0 Å². The van der Waals surface area contributed by atoms with Gasteiger partial charge < -0.3 is 0 Å². The molecule has 0 N–H and O–H groups in total. The largest absolute Gasteiger partial charge is 0.122 e. The van der Waals surface area contributed by atoms with Crippen LogP contribution >= 0.6 is 8.58 Å². The lowest BCUT2D eigenvalue weighted by Crippen LogP contribution is -1.68. The first-order valence-corrected chi connectivity index (χ1v) is 3.83. The van der Waals surface area contributed by atoms with E-state index in [9.17, 15) is 0 Å². The second-order valence-corrected chi connectivity index (χ2v) is 2.91. The van der Waals surface area contributed by atoms with Gasteiger partial charge in [0.15, 0.2) is 0 Å². The summed E-state index contributed by atoms with van der Waals surface area (Å²) in [6, 6.07) is 0. The topological polar surface area (TPSA) is 0 Å². The Morgan fingerprint density at radius 3 is 2.50 bits per heavy atom. The summed E-state index contributed by atoms with van der Waals surface area (Å²) < 4.78 is 0. The molecule has 0 aromatic carbocycles. The summed E-state index contributed by atoms with van der Waals surface area (Å²) in [5.41, 5.74) is 0. The van der Waals surface area contributed by atoms with Crippen LogP contribution in [-0.4, -0.2) is 12.3 Å². The summed E-state index contributed by atoms with van der Waals surface area (Å²) in [5.74, 6) is 0.